The van der Waals surface area contributed by atoms with Crippen LogP contribution in [0.1, 0.15) is 38.3 Å². The fourth-order valence-electron chi connectivity index (χ4n) is 6.08. The van der Waals surface area contributed by atoms with Crippen molar-refractivity contribution in [1.29, 1.82) is 0 Å². The summed E-state index contributed by atoms with van der Waals surface area (Å²) in [6.45, 7) is 9.13. The Bertz CT molecular complexity index is 1410. The fourth-order valence-corrected chi connectivity index (χ4v) is 19.3. The Kier molecular flexibility index (Phi) is 9.21. The van der Waals surface area contributed by atoms with Gasteiger partial charge in [-0.05, 0) is 5.56 Å². The van der Waals surface area contributed by atoms with Crippen LogP contribution in [-0.4, -0.2) is 6.61 Å². The van der Waals surface area contributed by atoms with E-state index in [1.54, 1.807) is 5.57 Å². The molecule has 40 heavy (non-hydrogen) atoms. The van der Waals surface area contributed by atoms with Crippen molar-refractivity contribution in [2.75, 3.05) is 6.61 Å². The van der Waals surface area contributed by atoms with E-state index in [4.69, 9.17) is 4.74 Å². The molecule has 1 fully saturated rings. The molecule has 0 aliphatic heterocycles. The Morgan fingerprint density at radius 2 is 1.27 bits per heavy atom. The monoisotopic (exact) mass is 694 g/mol. The first-order valence-electron chi connectivity index (χ1n) is 13.9. The van der Waals surface area contributed by atoms with Crippen molar-refractivity contribution in [2.45, 2.75) is 40.2 Å². The second kappa shape index (κ2) is 12.3. The van der Waals surface area contributed by atoms with E-state index in [1.165, 1.54) is 32.6 Å². The first kappa shape index (κ1) is 29.9. The maximum absolute atomic E-state index is 6.12. The van der Waals surface area contributed by atoms with Crippen molar-refractivity contribution in [3.8, 4) is 0 Å². The van der Waals surface area contributed by atoms with E-state index < -0.39 is 4.99 Å². The van der Waals surface area contributed by atoms with Gasteiger partial charge >= 0.3 is 223 Å². The Morgan fingerprint density at radius 3 is 1.77 bits per heavy atom. The number of halogens is 2. The third-order valence-corrected chi connectivity index (χ3v) is 32.1. The summed E-state index contributed by atoms with van der Waals surface area (Å²) in [6.07, 6.45) is 2.12. The second-order valence-corrected chi connectivity index (χ2v) is 27.8. The van der Waals surface area contributed by atoms with Crippen molar-refractivity contribution in [1.82, 2.24) is 0 Å². The predicted octanol–water partition coefficient (Wildman–Crippen LogP) is 9.85. The van der Waals surface area contributed by atoms with Crippen molar-refractivity contribution in [3.05, 3.63) is 138 Å². The van der Waals surface area contributed by atoms with Gasteiger partial charge in [-0.25, -0.2) is 0 Å². The molecule has 0 amide bonds. The van der Waals surface area contributed by atoms with Gasteiger partial charge in [0, 0.05) is 0 Å². The number of benzene rings is 4. The molecule has 2 unspecified atom stereocenters. The van der Waals surface area contributed by atoms with Gasteiger partial charge in [0.25, 0.3) is 0 Å². The third kappa shape index (κ3) is 5.58. The van der Waals surface area contributed by atoms with E-state index >= 15 is 0 Å². The zero-order valence-electron chi connectivity index (χ0n) is 23.5. The van der Waals surface area contributed by atoms with Crippen LogP contribution in [0.4, 0.5) is 0 Å². The van der Waals surface area contributed by atoms with Crippen LogP contribution in [-0.2, 0) is 17.8 Å². The molecule has 5 heteroatoms. The normalized spacial score (nSPS) is 19.1. The molecule has 1 aliphatic rings. The van der Waals surface area contributed by atoms with Gasteiger partial charge in [0.2, 0.25) is 0 Å². The third-order valence-electron chi connectivity index (χ3n) is 8.73. The fraction of sp³-hybridized carbons (Fsp3) is 0.257. The molecule has 0 spiro atoms. The average molecular weight is 696 g/mol. The Morgan fingerprint density at radius 1 is 0.775 bits per heavy atom. The molecule has 2 atom stereocenters. The topological polar surface area (TPSA) is 9.23 Å². The van der Waals surface area contributed by atoms with Crippen molar-refractivity contribution in [2.24, 2.45) is 11.3 Å². The van der Waals surface area contributed by atoms with Gasteiger partial charge < -0.3 is 0 Å². The number of hydrogen-bond donors (Lipinski definition) is 0. The summed E-state index contributed by atoms with van der Waals surface area (Å²) in [5.74, 6) is 0.569. The van der Waals surface area contributed by atoms with E-state index in [1.807, 2.05) is 0 Å². The molecular formula is C35H38Br2OP2. The number of rotatable bonds is 10. The summed E-state index contributed by atoms with van der Waals surface area (Å²) in [7, 11) is 0. The second-order valence-electron chi connectivity index (χ2n) is 11.5. The molecule has 0 saturated heterocycles. The van der Waals surface area contributed by atoms with Crippen molar-refractivity contribution in [3.63, 3.8) is 0 Å². The van der Waals surface area contributed by atoms with E-state index in [2.05, 4.69) is 167 Å². The summed E-state index contributed by atoms with van der Waals surface area (Å²) >= 11 is 8.47. The van der Waals surface area contributed by atoms with Gasteiger partial charge in [0.15, 0.2) is 0 Å². The molecule has 0 bridgehead atoms. The SMILES string of the molecule is C/C(Cc1ccc(P(Br)(PBr)(c2ccccc2)c2ccccc2)cc1)=C1/CC(COCc2ccccc2)C1(C)C. The van der Waals surface area contributed by atoms with Crippen LogP contribution < -0.4 is 15.9 Å². The molecule has 4 aromatic rings. The average Bonchev–Trinajstić information content (AvgIpc) is 3.00. The van der Waals surface area contributed by atoms with Crippen molar-refractivity contribution < 1.29 is 4.74 Å². The van der Waals surface area contributed by atoms with Crippen LogP contribution in [0.15, 0.2) is 126 Å². The van der Waals surface area contributed by atoms with Gasteiger partial charge in [-0.2, -0.15) is 0 Å². The molecule has 5 rings (SSSR count). The minimum atomic E-state index is -2.83. The summed E-state index contributed by atoms with van der Waals surface area (Å²) < 4.78 is 6.12. The van der Waals surface area contributed by atoms with Gasteiger partial charge in [0.1, 0.15) is 0 Å². The Hall–Kier alpha value is -1.60. The summed E-state index contributed by atoms with van der Waals surface area (Å²) in [5, 5.41) is 4.04. The summed E-state index contributed by atoms with van der Waals surface area (Å²) in [6, 6.07) is 41.8. The zero-order valence-corrected chi connectivity index (χ0v) is 28.6. The number of allylic oxidation sites excluding steroid dienone is 2. The van der Waals surface area contributed by atoms with E-state index in [-0.39, 0.29) is 5.41 Å². The number of ether oxygens (including phenoxy) is 1. The van der Waals surface area contributed by atoms with Gasteiger partial charge in [-0.1, -0.05) is 30.3 Å². The predicted molar refractivity (Wildman–Crippen MR) is 186 cm³/mol. The van der Waals surface area contributed by atoms with Crippen LogP contribution in [0.25, 0.3) is 0 Å². The zero-order chi connectivity index (χ0) is 28.2. The van der Waals surface area contributed by atoms with Crippen LogP contribution >= 0.6 is 42.9 Å². The molecular weight excluding hydrogens is 658 g/mol. The molecule has 0 heterocycles. The van der Waals surface area contributed by atoms with Crippen molar-refractivity contribution >= 4 is 58.9 Å². The van der Waals surface area contributed by atoms with E-state index in [9.17, 15) is 0 Å². The first-order chi connectivity index (χ1) is 19.3. The van der Waals surface area contributed by atoms with Gasteiger partial charge in [-0.15, -0.1) is 0 Å². The molecule has 0 aromatic heterocycles. The quantitative estimate of drug-likeness (QED) is 0.119. The summed E-state index contributed by atoms with van der Waals surface area (Å²) in [5.41, 5.74) is 5.89. The molecule has 4 aromatic carbocycles. The maximum atomic E-state index is 6.12. The van der Waals surface area contributed by atoms with Crippen LogP contribution in [0, 0.1) is 11.3 Å². The first-order valence-corrected chi connectivity index (χ1v) is 22.3. The van der Waals surface area contributed by atoms with Crippen LogP contribution in [0.2, 0.25) is 0 Å². The Balaban J connectivity index is 1.34. The number of hydrogen-bond acceptors (Lipinski definition) is 1. The Labute approximate surface area is 257 Å². The standard InChI is InChI=1S/C35H38Br2OP2/c1-27(34-24-30(35(34,2)3)26-38-25-29-13-7-4-8-14-29)23-28-19-21-33(22-20-28)40(37,39-36,31-15-9-5-10-16-31)32-17-11-6-12-18-32/h4-22,30,39H,23-26H2,1-3H3/b34-27+. The molecule has 208 valence electrons. The van der Waals surface area contributed by atoms with E-state index in [0.717, 1.165) is 19.4 Å². The molecule has 0 radical (unpaired) electrons. The minimum absolute atomic E-state index is 0.181. The van der Waals surface area contributed by atoms with Crippen LogP contribution in [0.5, 0.6) is 0 Å². The molecule has 1 aliphatic carbocycles. The van der Waals surface area contributed by atoms with Gasteiger partial charge in [-0.3, -0.25) is 0 Å². The molecule has 1 saturated carbocycles. The van der Waals surface area contributed by atoms with Gasteiger partial charge in [0.05, 0.1) is 0 Å². The molecule has 1 nitrogen and oxygen atoms in total. The van der Waals surface area contributed by atoms with E-state index in [0.29, 0.717) is 19.5 Å². The van der Waals surface area contributed by atoms with Crippen LogP contribution in [0.3, 0.4) is 0 Å². The summed E-state index contributed by atoms with van der Waals surface area (Å²) in [4.78, 5) is -2.83. The molecule has 0 N–H and O–H groups in total.